The van der Waals surface area contributed by atoms with E-state index in [2.05, 4.69) is 54.5 Å². The molecule has 0 saturated heterocycles. The number of carboxylic acid groups (broad SMARTS) is 1. The lowest BCUT2D eigenvalue weighted by Crippen LogP contribution is -2.65. The molecule has 230 valence electrons. The zero-order valence-electron chi connectivity index (χ0n) is 26.8. The topological polar surface area (TPSA) is 63.6 Å². The van der Waals surface area contributed by atoms with E-state index in [1.165, 1.54) is 5.57 Å². The highest BCUT2D eigenvalue weighted by atomic mass is 35.5. The van der Waals surface area contributed by atoms with Crippen LogP contribution in [0.3, 0.4) is 0 Å². The first-order valence-corrected chi connectivity index (χ1v) is 16.9. The maximum atomic E-state index is 13.2. The molecular formula is C37H51ClO4. The molecule has 10 atom stereocenters. The third kappa shape index (κ3) is 3.98. The van der Waals surface area contributed by atoms with Gasteiger partial charge in [0.25, 0.3) is 0 Å². The molecule has 5 aliphatic carbocycles. The van der Waals surface area contributed by atoms with E-state index in [-0.39, 0.29) is 39.7 Å². The van der Waals surface area contributed by atoms with Gasteiger partial charge in [-0.3, -0.25) is 4.79 Å². The molecule has 5 aliphatic rings. The minimum absolute atomic E-state index is 0.0148. The molecule has 0 aromatic heterocycles. The smallest absolute Gasteiger partial charge is 0.338 e. The Labute approximate surface area is 258 Å². The van der Waals surface area contributed by atoms with E-state index in [0.717, 1.165) is 57.8 Å². The lowest BCUT2D eigenvalue weighted by Gasteiger charge is -2.71. The summed E-state index contributed by atoms with van der Waals surface area (Å²) in [5.74, 6) is 1.23. The van der Waals surface area contributed by atoms with Crippen LogP contribution < -0.4 is 0 Å². The zero-order valence-corrected chi connectivity index (χ0v) is 27.5. The maximum Gasteiger partial charge on any atom is 0.338 e. The van der Waals surface area contributed by atoms with Gasteiger partial charge in [0.2, 0.25) is 0 Å². The predicted octanol–water partition coefficient (Wildman–Crippen LogP) is 9.61. The molecule has 4 nitrogen and oxygen atoms in total. The van der Waals surface area contributed by atoms with Crippen molar-refractivity contribution in [3.8, 4) is 0 Å². The monoisotopic (exact) mass is 594 g/mol. The van der Waals surface area contributed by atoms with Crippen LogP contribution >= 0.6 is 11.6 Å². The Morgan fingerprint density at radius 3 is 2.24 bits per heavy atom. The van der Waals surface area contributed by atoms with Crippen molar-refractivity contribution < 1.29 is 19.4 Å². The molecule has 1 N–H and O–H groups in total. The first-order chi connectivity index (χ1) is 19.6. The number of fused-ring (bicyclic) bond motifs is 7. The van der Waals surface area contributed by atoms with Gasteiger partial charge in [-0.05, 0) is 128 Å². The van der Waals surface area contributed by atoms with Crippen LogP contribution in [0.15, 0.2) is 35.9 Å². The first kappa shape index (κ1) is 30.2. The summed E-state index contributed by atoms with van der Waals surface area (Å²) in [6, 6.07) is 6.99. The van der Waals surface area contributed by atoms with Crippen LogP contribution in [0.25, 0.3) is 0 Å². The molecule has 0 aliphatic heterocycles. The molecule has 4 fully saturated rings. The third-order valence-corrected chi connectivity index (χ3v) is 14.9. The van der Waals surface area contributed by atoms with E-state index in [1.54, 1.807) is 24.3 Å². The minimum atomic E-state index is -0.602. The van der Waals surface area contributed by atoms with Crippen LogP contribution in [0, 0.1) is 56.7 Å². The number of ether oxygens (including phenoxy) is 1. The summed E-state index contributed by atoms with van der Waals surface area (Å²) in [7, 11) is 0. The average molecular weight is 595 g/mol. The van der Waals surface area contributed by atoms with Crippen molar-refractivity contribution in [3.63, 3.8) is 0 Å². The quantitative estimate of drug-likeness (QED) is 0.279. The van der Waals surface area contributed by atoms with Crippen LogP contribution in [0.2, 0.25) is 5.02 Å². The van der Waals surface area contributed by atoms with Crippen molar-refractivity contribution in [2.45, 2.75) is 112 Å². The maximum absolute atomic E-state index is 13.2. The lowest BCUT2D eigenvalue weighted by atomic mass is 9.33. The number of halogens is 1. The molecule has 6 rings (SSSR count). The second-order valence-corrected chi connectivity index (χ2v) is 16.8. The fourth-order valence-corrected chi connectivity index (χ4v) is 12.0. The fourth-order valence-electron chi connectivity index (χ4n) is 11.8. The fraction of sp³-hybridized carbons (Fsp3) is 0.730. The molecule has 0 amide bonds. The van der Waals surface area contributed by atoms with E-state index in [1.807, 2.05) is 0 Å². The molecule has 0 bridgehead atoms. The van der Waals surface area contributed by atoms with Gasteiger partial charge in [-0.2, -0.15) is 0 Å². The van der Waals surface area contributed by atoms with Gasteiger partial charge >= 0.3 is 11.9 Å². The van der Waals surface area contributed by atoms with Gasteiger partial charge in [-0.1, -0.05) is 71.7 Å². The summed E-state index contributed by atoms with van der Waals surface area (Å²) in [6.45, 7) is 16.9. The number of allylic oxidation sites excluding steroid dienone is 2. The number of aliphatic carboxylic acids is 1. The van der Waals surface area contributed by atoms with Gasteiger partial charge in [-0.15, -0.1) is 0 Å². The van der Waals surface area contributed by atoms with Gasteiger partial charge in [0, 0.05) is 10.4 Å². The van der Waals surface area contributed by atoms with Crippen LogP contribution in [0.5, 0.6) is 0 Å². The molecule has 42 heavy (non-hydrogen) atoms. The SMILES string of the molecule is C[C@H]1[C@H](C)CC[C@]2(C(=O)O)CC[C@]3(C)C(=CC[C@@H]4[C@@]5(C)CC[C@H](OC(=O)c6ccc(Cl)cc6)C(C)(C)[C@@H]5CC[C@]43C)[C@H]12. The molecule has 1 aromatic carbocycles. The molecule has 0 unspecified atom stereocenters. The van der Waals surface area contributed by atoms with Crippen molar-refractivity contribution in [1.29, 1.82) is 0 Å². The first-order valence-electron chi connectivity index (χ1n) is 16.5. The zero-order chi connectivity index (χ0) is 30.5. The largest absolute Gasteiger partial charge is 0.481 e. The summed E-state index contributed by atoms with van der Waals surface area (Å²) >= 11 is 6.05. The highest BCUT2D eigenvalue weighted by Gasteiger charge is 2.69. The van der Waals surface area contributed by atoms with Gasteiger partial charge in [-0.25, -0.2) is 4.79 Å². The Kier molecular flexibility index (Phi) is 7.09. The second kappa shape index (κ2) is 9.85. The van der Waals surface area contributed by atoms with E-state index in [9.17, 15) is 14.7 Å². The van der Waals surface area contributed by atoms with Gasteiger partial charge < -0.3 is 9.84 Å². The summed E-state index contributed by atoms with van der Waals surface area (Å²) < 4.78 is 6.26. The molecule has 1 aromatic rings. The van der Waals surface area contributed by atoms with Crippen LogP contribution in [0.4, 0.5) is 0 Å². The number of rotatable bonds is 3. The number of esters is 1. The number of hydrogen-bond acceptors (Lipinski definition) is 3. The Hall–Kier alpha value is -1.81. The summed E-state index contributed by atoms with van der Waals surface area (Å²) in [5.41, 5.74) is 1.57. The average Bonchev–Trinajstić information content (AvgIpc) is 2.93. The predicted molar refractivity (Wildman–Crippen MR) is 167 cm³/mol. The van der Waals surface area contributed by atoms with Crippen molar-refractivity contribution in [2.24, 2.45) is 56.7 Å². The Morgan fingerprint density at radius 1 is 0.881 bits per heavy atom. The summed E-state index contributed by atoms with van der Waals surface area (Å²) in [4.78, 5) is 26.1. The molecule has 5 heteroatoms. The number of hydrogen-bond donors (Lipinski definition) is 1. The van der Waals surface area contributed by atoms with E-state index in [0.29, 0.717) is 34.3 Å². The number of benzene rings is 1. The number of carboxylic acids is 1. The number of carbonyl (C=O) groups excluding carboxylic acids is 1. The van der Waals surface area contributed by atoms with E-state index in [4.69, 9.17) is 16.3 Å². The lowest BCUT2D eigenvalue weighted by molar-refractivity contribution is -0.206. The molecular weight excluding hydrogens is 544 g/mol. The Morgan fingerprint density at radius 2 is 1.57 bits per heavy atom. The van der Waals surface area contributed by atoms with Gasteiger partial charge in [0.1, 0.15) is 6.10 Å². The normalized spacial score (nSPS) is 45.8. The molecule has 0 radical (unpaired) electrons. The highest BCUT2D eigenvalue weighted by Crippen LogP contribution is 2.75. The molecule has 0 spiro atoms. The van der Waals surface area contributed by atoms with Crippen LogP contribution in [-0.4, -0.2) is 23.1 Å². The van der Waals surface area contributed by atoms with Crippen molar-refractivity contribution in [3.05, 3.63) is 46.5 Å². The van der Waals surface area contributed by atoms with Crippen molar-refractivity contribution in [2.75, 3.05) is 0 Å². The Balaban J connectivity index is 1.32. The third-order valence-electron chi connectivity index (χ3n) is 14.7. The standard InChI is InChI=1S/C37H51ClO4/c1-22-14-19-37(32(40)41)21-20-35(6)26(30(37)23(22)2)12-13-28-34(5)17-16-29(33(3,4)27(34)15-18-36(28,35)7)42-31(39)24-8-10-25(38)11-9-24/h8-12,22-23,27-30H,13-21H2,1-7H3,(H,40,41)/t22-,23+,27+,28-,29+,30+,34+,35-,36-,37+/m1/s1. The van der Waals surface area contributed by atoms with Crippen LogP contribution in [0.1, 0.15) is 117 Å². The summed E-state index contributed by atoms with van der Waals surface area (Å²) in [5, 5.41) is 11.3. The molecule has 4 saturated carbocycles. The second-order valence-electron chi connectivity index (χ2n) is 16.4. The Bertz CT molecular complexity index is 1300. The molecule has 0 heterocycles. The summed E-state index contributed by atoms with van der Waals surface area (Å²) in [6.07, 6.45) is 11.3. The van der Waals surface area contributed by atoms with Crippen molar-refractivity contribution >= 4 is 23.5 Å². The van der Waals surface area contributed by atoms with Gasteiger partial charge in [0.05, 0.1) is 11.0 Å². The van der Waals surface area contributed by atoms with Gasteiger partial charge in [0.15, 0.2) is 0 Å². The number of carbonyl (C=O) groups is 2. The van der Waals surface area contributed by atoms with Crippen LogP contribution in [-0.2, 0) is 9.53 Å². The minimum Gasteiger partial charge on any atom is -0.481 e. The van der Waals surface area contributed by atoms with E-state index < -0.39 is 11.4 Å². The highest BCUT2D eigenvalue weighted by molar-refractivity contribution is 6.30. The van der Waals surface area contributed by atoms with E-state index >= 15 is 0 Å². The van der Waals surface area contributed by atoms with Crippen molar-refractivity contribution in [1.82, 2.24) is 0 Å².